The van der Waals surface area contributed by atoms with E-state index in [-0.39, 0.29) is 12.4 Å². The maximum Gasteiger partial charge on any atom is 0.335 e. The first-order chi connectivity index (χ1) is 9.25. The first-order valence-corrected chi connectivity index (χ1v) is 7.31. The Balaban J connectivity index is 0.00000200. The minimum Gasteiger partial charge on any atom is -1.00 e. The van der Waals surface area contributed by atoms with Crippen LogP contribution in [-0.4, -0.2) is 17.1 Å². The number of halogens is 1. The molecule has 1 aliphatic rings. The van der Waals surface area contributed by atoms with Gasteiger partial charge in [0.15, 0.2) is 0 Å². The zero-order valence-electron chi connectivity index (χ0n) is 11.8. The molecule has 0 amide bonds. The van der Waals surface area contributed by atoms with E-state index in [0.717, 1.165) is 12.1 Å². The second-order valence-electron chi connectivity index (χ2n) is 5.43. The molecule has 2 rings (SSSR count). The number of hydrogen-bond donors (Lipinski definition) is 2. The molecule has 0 unspecified atom stereocenters. The van der Waals surface area contributed by atoms with Gasteiger partial charge in [-0.05, 0) is 30.5 Å². The molecule has 1 saturated carbocycles. The van der Waals surface area contributed by atoms with E-state index in [9.17, 15) is 4.79 Å². The van der Waals surface area contributed by atoms with Crippen LogP contribution in [0.5, 0.6) is 0 Å². The summed E-state index contributed by atoms with van der Waals surface area (Å²) in [4.78, 5) is 10.8. The minimum atomic E-state index is -0.862. The van der Waals surface area contributed by atoms with Gasteiger partial charge in [0.25, 0.3) is 0 Å². The Morgan fingerprint density at radius 2 is 1.60 bits per heavy atom. The molecule has 0 aromatic heterocycles. The lowest BCUT2D eigenvalue weighted by Gasteiger charge is -2.21. The fraction of sp³-hybridized carbons (Fsp3) is 0.562. The van der Waals surface area contributed by atoms with Crippen LogP contribution in [0.1, 0.15) is 60.9 Å². The molecule has 0 atom stereocenters. The SMILES string of the molecule is O=C(O)c1ccc(CNC2CCCCCCC2)cc1.[Cl-]. The summed E-state index contributed by atoms with van der Waals surface area (Å²) >= 11 is 0. The predicted molar refractivity (Wildman–Crippen MR) is 76.3 cm³/mol. The van der Waals surface area contributed by atoms with Gasteiger partial charge in [0.05, 0.1) is 5.56 Å². The fourth-order valence-electron chi connectivity index (χ4n) is 2.69. The molecular formula is C16H23ClNO2-. The normalized spacial score (nSPS) is 16.8. The summed E-state index contributed by atoms with van der Waals surface area (Å²) in [7, 11) is 0. The maximum atomic E-state index is 10.8. The van der Waals surface area contributed by atoms with Gasteiger partial charge in [-0.25, -0.2) is 4.79 Å². The standard InChI is InChI=1S/C16H23NO2.ClH/c18-16(19)14-10-8-13(9-11-14)12-17-15-6-4-2-1-3-5-7-15;/h8-11,15,17H,1-7,12H2,(H,18,19);1H/p-1. The molecule has 0 radical (unpaired) electrons. The first kappa shape index (κ1) is 17.0. The van der Waals surface area contributed by atoms with Crippen LogP contribution in [0.25, 0.3) is 0 Å². The molecular weight excluding hydrogens is 274 g/mol. The Morgan fingerprint density at radius 3 is 2.15 bits per heavy atom. The third-order valence-electron chi connectivity index (χ3n) is 3.90. The Hall–Kier alpha value is -1.06. The number of carbonyl (C=O) groups is 1. The van der Waals surface area contributed by atoms with Gasteiger partial charge in [-0.3, -0.25) is 0 Å². The number of rotatable bonds is 4. The first-order valence-electron chi connectivity index (χ1n) is 7.31. The molecule has 4 heteroatoms. The van der Waals surface area contributed by atoms with E-state index in [0.29, 0.717) is 11.6 Å². The Kier molecular flexibility index (Phi) is 7.63. The van der Waals surface area contributed by atoms with Crippen LogP contribution in [0.3, 0.4) is 0 Å². The van der Waals surface area contributed by atoms with Crippen LogP contribution in [0.4, 0.5) is 0 Å². The fourth-order valence-corrected chi connectivity index (χ4v) is 2.69. The summed E-state index contributed by atoms with van der Waals surface area (Å²) in [6, 6.07) is 7.78. The second kappa shape index (κ2) is 8.98. The van der Waals surface area contributed by atoms with E-state index < -0.39 is 5.97 Å². The monoisotopic (exact) mass is 296 g/mol. The number of aromatic carboxylic acids is 1. The van der Waals surface area contributed by atoms with Crippen LogP contribution < -0.4 is 17.7 Å². The van der Waals surface area contributed by atoms with Crippen molar-refractivity contribution in [1.82, 2.24) is 5.32 Å². The van der Waals surface area contributed by atoms with Gasteiger partial charge < -0.3 is 22.8 Å². The van der Waals surface area contributed by atoms with Crippen LogP contribution in [-0.2, 0) is 6.54 Å². The van der Waals surface area contributed by atoms with Crippen molar-refractivity contribution in [2.24, 2.45) is 0 Å². The summed E-state index contributed by atoms with van der Waals surface area (Å²) in [5, 5.41) is 12.5. The summed E-state index contributed by atoms with van der Waals surface area (Å²) in [5.74, 6) is -0.862. The Labute approximate surface area is 127 Å². The lowest BCUT2D eigenvalue weighted by atomic mass is 9.96. The molecule has 0 heterocycles. The van der Waals surface area contributed by atoms with Crippen LogP contribution in [0, 0.1) is 0 Å². The summed E-state index contributed by atoms with van der Waals surface area (Å²) in [5.41, 5.74) is 1.52. The molecule has 0 saturated heterocycles. The van der Waals surface area contributed by atoms with Crippen molar-refractivity contribution >= 4 is 5.97 Å². The van der Waals surface area contributed by atoms with E-state index in [2.05, 4.69) is 5.32 Å². The molecule has 0 bridgehead atoms. The molecule has 2 N–H and O–H groups in total. The largest absolute Gasteiger partial charge is 1.00 e. The highest BCUT2D eigenvalue weighted by molar-refractivity contribution is 5.87. The van der Waals surface area contributed by atoms with E-state index in [1.54, 1.807) is 12.1 Å². The molecule has 1 aromatic carbocycles. The highest BCUT2D eigenvalue weighted by Crippen LogP contribution is 2.17. The van der Waals surface area contributed by atoms with Gasteiger partial charge >= 0.3 is 5.97 Å². The van der Waals surface area contributed by atoms with Gasteiger partial charge in [-0.1, -0.05) is 44.2 Å². The van der Waals surface area contributed by atoms with Crippen molar-refractivity contribution in [3.05, 3.63) is 35.4 Å². The van der Waals surface area contributed by atoms with Gasteiger partial charge in [0, 0.05) is 12.6 Å². The summed E-state index contributed by atoms with van der Waals surface area (Å²) < 4.78 is 0. The lowest BCUT2D eigenvalue weighted by molar-refractivity contribution is -0.0000196. The van der Waals surface area contributed by atoms with Gasteiger partial charge in [0.1, 0.15) is 0 Å². The molecule has 0 aliphatic heterocycles. The molecule has 112 valence electrons. The smallest absolute Gasteiger partial charge is 0.335 e. The zero-order valence-corrected chi connectivity index (χ0v) is 12.5. The number of carboxylic acid groups (broad SMARTS) is 1. The van der Waals surface area contributed by atoms with Crippen LogP contribution in [0.15, 0.2) is 24.3 Å². The van der Waals surface area contributed by atoms with Crippen molar-refractivity contribution in [3.63, 3.8) is 0 Å². The van der Waals surface area contributed by atoms with Crippen molar-refractivity contribution in [2.45, 2.75) is 57.5 Å². The number of hydrogen-bond acceptors (Lipinski definition) is 2. The average Bonchev–Trinajstić information content (AvgIpc) is 2.38. The van der Waals surface area contributed by atoms with Crippen LogP contribution >= 0.6 is 0 Å². The summed E-state index contributed by atoms with van der Waals surface area (Å²) in [6.45, 7) is 0.838. The molecule has 1 aliphatic carbocycles. The van der Waals surface area contributed by atoms with Crippen molar-refractivity contribution < 1.29 is 22.3 Å². The quantitative estimate of drug-likeness (QED) is 0.855. The van der Waals surface area contributed by atoms with Gasteiger partial charge in [-0.2, -0.15) is 0 Å². The second-order valence-corrected chi connectivity index (χ2v) is 5.43. The number of benzene rings is 1. The van der Waals surface area contributed by atoms with Gasteiger partial charge in [-0.15, -0.1) is 0 Å². The lowest BCUT2D eigenvalue weighted by Crippen LogP contribution is -3.00. The topological polar surface area (TPSA) is 49.3 Å². The minimum absolute atomic E-state index is 0. The van der Waals surface area contributed by atoms with E-state index >= 15 is 0 Å². The van der Waals surface area contributed by atoms with E-state index in [1.165, 1.54) is 44.9 Å². The van der Waals surface area contributed by atoms with E-state index in [1.807, 2.05) is 12.1 Å². The highest BCUT2D eigenvalue weighted by atomic mass is 35.5. The highest BCUT2D eigenvalue weighted by Gasteiger charge is 2.10. The third kappa shape index (κ3) is 5.51. The maximum absolute atomic E-state index is 10.8. The number of carboxylic acids is 1. The van der Waals surface area contributed by atoms with Crippen LogP contribution in [0.2, 0.25) is 0 Å². The van der Waals surface area contributed by atoms with E-state index in [4.69, 9.17) is 5.11 Å². The molecule has 3 nitrogen and oxygen atoms in total. The Bertz CT molecular complexity index is 397. The Morgan fingerprint density at radius 1 is 1.05 bits per heavy atom. The van der Waals surface area contributed by atoms with Crippen molar-refractivity contribution in [3.8, 4) is 0 Å². The summed E-state index contributed by atoms with van der Waals surface area (Å²) in [6.07, 6.45) is 9.33. The third-order valence-corrected chi connectivity index (χ3v) is 3.90. The molecule has 20 heavy (non-hydrogen) atoms. The zero-order chi connectivity index (χ0) is 13.5. The molecule has 1 fully saturated rings. The average molecular weight is 297 g/mol. The van der Waals surface area contributed by atoms with Crippen molar-refractivity contribution in [2.75, 3.05) is 0 Å². The molecule has 1 aromatic rings. The number of nitrogens with one attached hydrogen (secondary N) is 1. The van der Waals surface area contributed by atoms with Crippen molar-refractivity contribution in [1.29, 1.82) is 0 Å². The van der Waals surface area contributed by atoms with Gasteiger partial charge in [0.2, 0.25) is 0 Å². The molecule has 0 spiro atoms. The predicted octanol–water partition coefficient (Wildman–Crippen LogP) is 0.591.